The SMILES string of the molecule is CCC(=O)NC(NC(N)=O)(C(N)=O)C(C)CCc1ccccn1. The maximum atomic E-state index is 12.0. The Bertz CT molecular complexity index is 563. The number of pyridine rings is 1. The van der Waals surface area contributed by atoms with Crippen molar-refractivity contribution >= 4 is 17.8 Å². The first-order valence-electron chi connectivity index (χ1n) is 7.40. The average molecular weight is 321 g/mol. The number of carbonyl (C=O) groups excluding carboxylic acids is 3. The number of urea groups is 1. The first-order chi connectivity index (χ1) is 10.8. The molecule has 6 N–H and O–H groups in total. The average Bonchev–Trinajstić information content (AvgIpc) is 2.51. The van der Waals surface area contributed by atoms with Gasteiger partial charge in [-0.25, -0.2) is 4.79 Å². The predicted octanol–water partition coefficient (Wildman–Crippen LogP) is 0.0264. The minimum atomic E-state index is -1.73. The second kappa shape index (κ2) is 8.11. The van der Waals surface area contributed by atoms with Gasteiger partial charge in [0.1, 0.15) is 0 Å². The van der Waals surface area contributed by atoms with Crippen LogP contribution in [0.15, 0.2) is 24.4 Å². The van der Waals surface area contributed by atoms with Gasteiger partial charge in [0, 0.05) is 24.2 Å². The highest BCUT2D eigenvalue weighted by molar-refractivity contribution is 5.93. The number of hydrogen-bond acceptors (Lipinski definition) is 4. The molecule has 0 aliphatic rings. The van der Waals surface area contributed by atoms with Gasteiger partial charge in [0.05, 0.1) is 0 Å². The van der Waals surface area contributed by atoms with Gasteiger partial charge in [0.25, 0.3) is 5.91 Å². The molecule has 1 aromatic heterocycles. The second-order valence-corrected chi connectivity index (χ2v) is 5.32. The molecular formula is C15H23N5O3. The fourth-order valence-electron chi connectivity index (χ4n) is 2.27. The van der Waals surface area contributed by atoms with Crippen LogP contribution in [0.4, 0.5) is 4.79 Å². The van der Waals surface area contributed by atoms with Crippen LogP contribution >= 0.6 is 0 Å². The number of carbonyl (C=O) groups is 3. The monoisotopic (exact) mass is 321 g/mol. The summed E-state index contributed by atoms with van der Waals surface area (Å²) in [6, 6.07) is 4.57. The molecule has 8 nitrogen and oxygen atoms in total. The van der Waals surface area contributed by atoms with E-state index in [4.69, 9.17) is 11.5 Å². The van der Waals surface area contributed by atoms with Crippen molar-refractivity contribution in [3.05, 3.63) is 30.1 Å². The number of nitrogens with zero attached hydrogens (tertiary/aromatic N) is 1. The Hall–Kier alpha value is -2.64. The number of hydrogen-bond donors (Lipinski definition) is 4. The molecule has 126 valence electrons. The summed E-state index contributed by atoms with van der Waals surface area (Å²) in [5.41, 5.74) is 9.71. The maximum Gasteiger partial charge on any atom is 0.314 e. The van der Waals surface area contributed by atoms with Crippen LogP contribution in [-0.2, 0) is 16.0 Å². The topological polar surface area (TPSA) is 140 Å². The van der Waals surface area contributed by atoms with Gasteiger partial charge in [-0.05, 0) is 25.0 Å². The zero-order valence-corrected chi connectivity index (χ0v) is 13.3. The van der Waals surface area contributed by atoms with Gasteiger partial charge < -0.3 is 22.1 Å². The molecule has 1 aromatic rings. The van der Waals surface area contributed by atoms with Gasteiger partial charge in [-0.15, -0.1) is 0 Å². The molecule has 0 saturated heterocycles. The number of rotatable bonds is 8. The van der Waals surface area contributed by atoms with E-state index in [9.17, 15) is 14.4 Å². The van der Waals surface area contributed by atoms with Gasteiger partial charge in [-0.1, -0.05) is 19.9 Å². The third-order valence-corrected chi connectivity index (χ3v) is 3.67. The van der Waals surface area contributed by atoms with Crippen molar-refractivity contribution in [1.29, 1.82) is 0 Å². The quantitative estimate of drug-likeness (QED) is 0.501. The summed E-state index contributed by atoms with van der Waals surface area (Å²) >= 11 is 0. The Morgan fingerprint density at radius 1 is 1.26 bits per heavy atom. The summed E-state index contributed by atoms with van der Waals surface area (Å²) in [6.45, 7) is 3.34. The number of aryl methyl sites for hydroxylation is 1. The van der Waals surface area contributed by atoms with Gasteiger partial charge >= 0.3 is 6.03 Å². The lowest BCUT2D eigenvalue weighted by molar-refractivity contribution is -0.134. The molecule has 0 aromatic carbocycles. The smallest absolute Gasteiger partial charge is 0.314 e. The molecule has 0 aliphatic heterocycles. The van der Waals surface area contributed by atoms with E-state index < -0.39 is 29.4 Å². The summed E-state index contributed by atoms with van der Waals surface area (Å²) in [5.74, 6) is -1.76. The molecule has 2 unspecified atom stereocenters. The molecule has 1 heterocycles. The van der Waals surface area contributed by atoms with Crippen LogP contribution in [0.1, 0.15) is 32.4 Å². The fourth-order valence-corrected chi connectivity index (χ4v) is 2.27. The first kappa shape index (κ1) is 18.4. The summed E-state index contributed by atoms with van der Waals surface area (Å²) in [5, 5.41) is 4.81. The van der Waals surface area contributed by atoms with Crippen LogP contribution < -0.4 is 22.1 Å². The van der Waals surface area contributed by atoms with Crippen LogP contribution in [0.3, 0.4) is 0 Å². The number of amides is 4. The van der Waals surface area contributed by atoms with Crippen LogP contribution in [0.2, 0.25) is 0 Å². The lowest BCUT2D eigenvalue weighted by Gasteiger charge is -2.37. The van der Waals surface area contributed by atoms with Crippen molar-refractivity contribution in [3.8, 4) is 0 Å². The highest BCUT2D eigenvalue weighted by atomic mass is 16.2. The third kappa shape index (κ3) is 4.94. The Morgan fingerprint density at radius 2 is 1.96 bits per heavy atom. The second-order valence-electron chi connectivity index (χ2n) is 5.32. The van der Waals surface area contributed by atoms with E-state index in [1.54, 1.807) is 26.1 Å². The van der Waals surface area contributed by atoms with E-state index in [0.29, 0.717) is 12.8 Å². The molecule has 8 heteroatoms. The lowest BCUT2D eigenvalue weighted by Crippen LogP contribution is -2.71. The fraction of sp³-hybridized carbons (Fsp3) is 0.467. The Labute approximate surface area is 135 Å². The maximum absolute atomic E-state index is 12.0. The molecule has 0 bridgehead atoms. The summed E-state index contributed by atoms with van der Waals surface area (Å²) in [7, 11) is 0. The van der Waals surface area contributed by atoms with Gasteiger partial charge in [0.2, 0.25) is 5.91 Å². The molecular weight excluding hydrogens is 298 g/mol. The first-order valence-corrected chi connectivity index (χ1v) is 7.40. The van der Waals surface area contributed by atoms with E-state index in [1.165, 1.54) is 0 Å². The highest BCUT2D eigenvalue weighted by Crippen LogP contribution is 2.20. The lowest BCUT2D eigenvalue weighted by atomic mass is 9.88. The largest absolute Gasteiger partial charge is 0.366 e. The van der Waals surface area contributed by atoms with Crippen molar-refractivity contribution in [2.75, 3.05) is 0 Å². The Kier molecular flexibility index (Phi) is 6.49. The predicted molar refractivity (Wildman–Crippen MR) is 84.8 cm³/mol. The van der Waals surface area contributed by atoms with Crippen LogP contribution in [0.25, 0.3) is 0 Å². The number of nitrogens with two attached hydrogens (primary N) is 2. The normalized spacial score (nSPS) is 14.3. The molecule has 0 fully saturated rings. The van der Waals surface area contributed by atoms with E-state index in [0.717, 1.165) is 5.69 Å². The molecule has 4 amide bonds. The molecule has 23 heavy (non-hydrogen) atoms. The molecule has 2 atom stereocenters. The van der Waals surface area contributed by atoms with Crippen LogP contribution in [-0.4, -0.2) is 28.5 Å². The molecule has 0 radical (unpaired) electrons. The summed E-state index contributed by atoms with van der Waals surface area (Å²) in [4.78, 5) is 39.3. The standard InChI is InChI=1S/C15H23N5O3/c1-3-12(21)19-15(13(16)22,20-14(17)23)10(2)7-8-11-6-4-5-9-18-11/h4-6,9-10H,3,7-8H2,1-2H3,(H2,16,22)(H,19,21)(H3,17,20,23). The van der Waals surface area contributed by atoms with Crippen LogP contribution in [0.5, 0.6) is 0 Å². The van der Waals surface area contributed by atoms with Gasteiger partial charge in [0.15, 0.2) is 5.66 Å². The summed E-state index contributed by atoms with van der Waals surface area (Å²) in [6.07, 6.45) is 2.83. The van der Waals surface area contributed by atoms with E-state index >= 15 is 0 Å². The zero-order chi connectivity index (χ0) is 17.5. The van der Waals surface area contributed by atoms with Crippen molar-refractivity contribution in [2.24, 2.45) is 17.4 Å². The number of nitrogens with one attached hydrogen (secondary N) is 2. The van der Waals surface area contributed by atoms with Crippen molar-refractivity contribution in [3.63, 3.8) is 0 Å². The number of primary amides is 2. The van der Waals surface area contributed by atoms with Crippen molar-refractivity contribution in [2.45, 2.75) is 38.8 Å². The van der Waals surface area contributed by atoms with E-state index in [-0.39, 0.29) is 6.42 Å². The van der Waals surface area contributed by atoms with E-state index in [2.05, 4.69) is 15.6 Å². The van der Waals surface area contributed by atoms with Crippen molar-refractivity contribution in [1.82, 2.24) is 15.6 Å². The van der Waals surface area contributed by atoms with Crippen LogP contribution in [0, 0.1) is 5.92 Å². The van der Waals surface area contributed by atoms with Gasteiger partial charge in [-0.3, -0.25) is 14.6 Å². The minimum absolute atomic E-state index is 0.141. The molecule has 1 rings (SSSR count). The third-order valence-electron chi connectivity index (χ3n) is 3.67. The minimum Gasteiger partial charge on any atom is -0.366 e. The molecule has 0 aliphatic carbocycles. The van der Waals surface area contributed by atoms with Crippen molar-refractivity contribution < 1.29 is 14.4 Å². The molecule has 0 saturated carbocycles. The Balaban J connectivity index is 2.97. The van der Waals surface area contributed by atoms with Gasteiger partial charge in [-0.2, -0.15) is 0 Å². The Morgan fingerprint density at radius 3 is 2.43 bits per heavy atom. The number of aromatic nitrogens is 1. The molecule has 0 spiro atoms. The summed E-state index contributed by atoms with van der Waals surface area (Å²) < 4.78 is 0. The zero-order valence-electron chi connectivity index (χ0n) is 13.3. The highest BCUT2D eigenvalue weighted by Gasteiger charge is 2.44. The van der Waals surface area contributed by atoms with E-state index in [1.807, 2.05) is 12.1 Å².